The van der Waals surface area contributed by atoms with Crippen molar-refractivity contribution in [1.29, 1.82) is 0 Å². The van der Waals surface area contributed by atoms with Crippen LogP contribution >= 0.6 is 0 Å². The van der Waals surface area contributed by atoms with Gasteiger partial charge in [0, 0.05) is 6.92 Å². The van der Waals surface area contributed by atoms with Crippen molar-refractivity contribution in [2.24, 2.45) is 5.73 Å². The molecular weight excluding hydrogens is 356 g/mol. The fourth-order valence-corrected chi connectivity index (χ4v) is 3.03. The average molecular weight is 382 g/mol. The zero-order chi connectivity index (χ0) is 19.6. The van der Waals surface area contributed by atoms with Gasteiger partial charge in [-0.05, 0) is 0 Å². The third kappa shape index (κ3) is 4.31. The van der Waals surface area contributed by atoms with Crippen LogP contribution in [0.1, 0.15) is 6.92 Å². The molecule has 0 aromatic rings. The molecule has 0 spiro atoms. The number of aliphatic hydroxyl groups is 6. The number of rotatable bonds is 5. The second kappa shape index (κ2) is 8.84. The molecule has 12 heteroatoms. The zero-order valence-electron chi connectivity index (χ0n) is 14.1. The summed E-state index contributed by atoms with van der Waals surface area (Å²) in [7, 11) is 0. The first-order valence-electron chi connectivity index (χ1n) is 8.14. The molecule has 1 amide bonds. The van der Waals surface area contributed by atoms with Crippen molar-refractivity contribution in [3.05, 3.63) is 0 Å². The first-order chi connectivity index (χ1) is 12.2. The molecule has 2 rings (SSSR count). The number of carbonyl (C=O) groups excluding carboxylic acids is 1. The van der Waals surface area contributed by atoms with E-state index in [2.05, 4.69) is 5.32 Å². The lowest BCUT2D eigenvalue weighted by Crippen LogP contribution is -2.68. The number of carbonyl (C=O) groups is 1. The number of amides is 1. The number of aliphatic hydroxyl groups excluding tert-OH is 6. The lowest BCUT2D eigenvalue weighted by Gasteiger charge is -2.46. The van der Waals surface area contributed by atoms with E-state index in [1.54, 1.807) is 0 Å². The summed E-state index contributed by atoms with van der Waals surface area (Å²) in [6.07, 6.45) is -12.7. The van der Waals surface area contributed by atoms with Crippen LogP contribution in [0.3, 0.4) is 0 Å². The molecule has 2 heterocycles. The summed E-state index contributed by atoms with van der Waals surface area (Å²) in [5.41, 5.74) is 5.74. The second-order valence-electron chi connectivity index (χ2n) is 6.34. The Bertz CT molecular complexity index is 481. The topological polar surface area (TPSA) is 204 Å². The summed E-state index contributed by atoms with van der Waals surface area (Å²) in [6.45, 7) is -0.0397. The fraction of sp³-hybridized carbons (Fsp3) is 0.929. The lowest BCUT2D eigenvalue weighted by atomic mass is 9.95. The van der Waals surface area contributed by atoms with Gasteiger partial charge in [0.2, 0.25) is 5.91 Å². The third-order valence-electron chi connectivity index (χ3n) is 4.45. The van der Waals surface area contributed by atoms with Crippen molar-refractivity contribution in [3.8, 4) is 0 Å². The largest absolute Gasteiger partial charge is 0.394 e. The van der Waals surface area contributed by atoms with E-state index >= 15 is 0 Å². The Morgan fingerprint density at radius 3 is 2.15 bits per heavy atom. The summed E-state index contributed by atoms with van der Waals surface area (Å²) < 4.78 is 16.0. The maximum Gasteiger partial charge on any atom is 0.217 e. The van der Waals surface area contributed by atoms with E-state index in [9.17, 15) is 35.4 Å². The minimum Gasteiger partial charge on any atom is -0.394 e. The molecule has 12 nitrogen and oxygen atoms in total. The van der Waals surface area contributed by atoms with Crippen LogP contribution in [0.5, 0.6) is 0 Å². The second-order valence-corrected chi connectivity index (χ2v) is 6.34. The Kier molecular flexibility index (Phi) is 7.27. The lowest BCUT2D eigenvalue weighted by molar-refractivity contribution is -0.336. The quantitative estimate of drug-likeness (QED) is 0.225. The molecule has 0 aliphatic carbocycles. The Morgan fingerprint density at radius 2 is 1.62 bits per heavy atom. The molecule has 2 aliphatic rings. The summed E-state index contributed by atoms with van der Waals surface area (Å²) in [5, 5.41) is 61.2. The van der Waals surface area contributed by atoms with Crippen LogP contribution < -0.4 is 11.1 Å². The highest BCUT2D eigenvalue weighted by Crippen LogP contribution is 2.28. The number of ether oxygens (including phenoxy) is 3. The number of nitrogens with one attached hydrogen (secondary N) is 1. The van der Waals surface area contributed by atoms with Gasteiger partial charge in [0.05, 0.1) is 19.3 Å². The highest BCUT2D eigenvalue weighted by Gasteiger charge is 2.50. The molecule has 0 radical (unpaired) electrons. The SMILES string of the molecule is CC(=O)NC1C(N)OC(CO)[C@@H](O[C@@H]2OC(CO)[C@H](O)[C@H](O)C2O)[C@@H]1O. The van der Waals surface area contributed by atoms with Crippen molar-refractivity contribution >= 4 is 5.91 Å². The maximum atomic E-state index is 11.3. The first-order valence-corrected chi connectivity index (χ1v) is 8.14. The highest BCUT2D eigenvalue weighted by atomic mass is 16.7. The van der Waals surface area contributed by atoms with E-state index in [0.717, 1.165) is 0 Å². The molecule has 0 bridgehead atoms. The normalized spacial score (nSPS) is 46.8. The summed E-state index contributed by atoms with van der Waals surface area (Å²) in [5.74, 6) is -0.484. The molecule has 26 heavy (non-hydrogen) atoms. The van der Waals surface area contributed by atoms with Crippen LogP contribution in [-0.2, 0) is 19.0 Å². The predicted octanol–water partition coefficient (Wildman–Crippen LogP) is -5.29. The number of hydrogen-bond donors (Lipinski definition) is 8. The van der Waals surface area contributed by atoms with Gasteiger partial charge < -0.3 is 55.9 Å². The Hall–Kier alpha value is -0.930. The van der Waals surface area contributed by atoms with Gasteiger partial charge in [-0.1, -0.05) is 0 Å². The van der Waals surface area contributed by atoms with Gasteiger partial charge in [-0.2, -0.15) is 0 Å². The molecule has 2 saturated heterocycles. The smallest absolute Gasteiger partial charge is 0.217 e. The molecule has 10 atom stereocenters. The van der Waals surface area contributed by atoms with E-state index in [1.165, 1.54) is 6.92 Å². The van der Waals surface area contributed by atoms with Crippen LogP contribution in [0, 0.1) is 0 Å². The molecule has 0 saturated carbocycles. The molecule has 2 aliphatic heterocycles. The van der Waals surface area contributed by atoms with Gasteiger partial charge in [-0.15, -0.1) is 0 Å². The van der Waals surface area contributed by atoms with Gasteiger partial charge in [-0.3, -0.25) is 4.79 Å². The van der Waals surface area contributed by atoms with Gasteiger partial charge in [0.1, 0.15) is 49.0 Å². The summed E-state index contributed by atoms with van der Waals surface area (Å²) in [4.78, 5) is 11.3. The van der Waals surface area contributed by atoms with E-state index in [1.807, 2.05) is 0 Å². The molecule has 0 aromatic heterocycles. The van der Waals surface area contributed by atoms with E-state index < -0.39 is 80.4 Å². The van der Waals surface area contributed by atoms with Crippen molar-refractivity contribution in [1.82, 2.24) is 5.32 Å². The molecule has 9 N–H and O–H groups in total. The van der Waals surface area contributed by atoms with Crippen LogP contribution in [0.25, 0.3) is 0 Å². The fourth-order valence-electron chi connectivity index (χ4n) is 3.03. The minimum atomic E-state index is -1.70. The Balaban J connectivity index is 2.16. The molecule has 2 fully saturated rings. The Morgan fingerprint density at radius 1 is 1.00 bits per heavy atom. The van der Waals surface area contributed by atoms with Crippen molar-refractivity contribution in [3.63, 3.8) is 0 Å². The van der Waals surface area contributed by atoms with E-state index in [4.69, 9.17) is 19.9 Å². The Labute approximate surface area is 149 Å². The standard InChI is InChI=1S/C14H26N2O10/c1-4(19)16-7-9(21)12(6(3-18)24-13(7)15)26-14-11(23)10(22)8(20)5(2-17)25-14/h5-14,17-18,20-23H,2-3,15H2,1H3,(H,16,19)/t5?,6?,7?,8-,9+,10-,11?,12+,13?,14-/m0/s1. The number of hydrogen-bond acceptors (Lipinski definition) is 11. The minimum absolute atomic E-state index is 0.484. The van der Waals surface area contributed by atoms with Gasteiger partial charge in [0.15, 0.2) is 6.29 Å². The number of nitrogens with two attached hydrogens (primary N) is 1. The van der Waals surface area contributed by atoms with Crippen LogP contribution in [0.15, 0.2) is 0 Å². The zero-order valence-corrected chi connectivity index (χ0v) is 14.1. The summed E-state index contributed by atoms with van der Waals surface area (Å²) >= 11 is 0. The van der Waals surface area contributed by atoms with Gasteiger partial charge in [-0.25, -0.2) is 0 Å². The van der Waals surface area contributed by atoms with E-state index in [0.29, 0.717) is 0 Å². The first kappa shape index (κ1) is 21.4. The predicted molar refractivity (Wildman–Crippen MR) is 82.2 cm³/mol. The van der Waals surface area contributed by atoms with Crippen molar-refractivity contribution in [2.45, 2.75) is 68.2 Å². The summed E-state index contributed by atoms with van der Waals surface area (Å²) in [6, 6.07) is -1.06. The monoisotopic (exact) mass is 382 g/mol. The van der Waals surface area contributed by atoms with Crippen molar-refractivity contribution in [2.75, 3.05) is 13.2 Å². The molecule has 0 aromatic carbocycles. The van der Waals surface area contributed by atoms with Crippen molar-refractivity contribution < 1.29 is 49.6 Å². The highest BCUT2D eigenvalue weighted by molar-refractivity contribution is 5.73. The molecule has 5 unspecified atom stereocenters. The average Bonchev–Trinajstić information content (AvgIpc) is 2.60. The molecular formula is C14H26N2O10. The third-order valence-corrected chi connectivity index (χ3v) is 4.45. The van der Waals surface area contributed by atoms with Crippen LogP contribution in [0.2, 0.25) is 0 Å². The molecule has 152 valence electrons. The van der Waals surface area contributed by atoms with E-state index in [-0.39, 0.29) is 0 Å². The maximum absolute atomic E-state index is 11.3. The van der Waals surface area contributed by atoms with Gasteiger partial charge in [0.25, 0.3) is 0 Å². The van der Waals surface area contributed by atoms with Crippen LogP contribution in [0.4, 0.5) is 0 Å². The van der Waals surface area contributed by atoms with Gasteiger partial charge >= 0.3 is 0 Å². The van der Waals surface area contributed by atoms with Crippen LogP contribution in [-0.4, -0.2) is 111 Å².